The van der Waals surface area contributed by atoms with E-state index in [1.807, 2.05) is 5.87 Å². The highest BCUT2D eigenvalue weighted by Crippen LogP contribution is 2.16. The predicted molar refractivity (Wildman–Crippen MR) is 34.8 cm³/mol. The Bertz CT molecular complexity index is 208. The monoisotopic (exact) mass is 140 g/mol. The van der Waals surface area contributed by atoms with E-state index in [0.717, 1.165) is 0 Å². The van der Waals surface area contributed by atoms with Gasteiger partial charge in [-0.3, -0.25) is 5.41 Å². The van der Waals surface area contributed by atoms with Gasteiger partial charge in [-0.1, -0.05) is 0 Å². The fraction of sp³-hybridized carbons (Fsp3) is 0.500. The summed E-state index contributed by atoms with van der Waals surface area (Å²) in [5.74, 6) is 1.51. The third-order valence-corrected chi connectivity index (χ3v) is 1.46. The van der Waals surface area contributed by atoms with Crippen LogP contribution in [0.15, 0.2) is 6.08 Å². The Kier molecular flexibility index (Phi) is 1.57. The van der Waals surface area contributed by atoms with Crippen LogP contribution in [0.1, 0.15) is 6.42 Å². The highest BCUT2D eigenvalue weighted by molar-refractivity contribution is 5.87. The van der Waals surface area contributed by atoms with Crippen LogP contribution in [0, 0.1) is 5.41 Å². The van der Waals surface area contributed by atoms with Crippen LogP contribution in [-0.2, 0) is 9.53 Å². The molecule has 10 heavy (non-hydrogen) atoms. The quantitative estimate of drug-likeness (QED) is 0.378. The van der Waals surface area contributed by atoms with E-state index in [2.05, 4.69) is 4.74 Å². The summed E-state index contributed by atoms with van der Waals surface area (Å²) in [4.78, 5) is 10.8. The van der Waals surface area contributed by atoms with Crippen molar-refractivity contribution in [1.29, 1.82) is 5.41 Å². The molecule has 1 saturated heterocycles. The molecule has 3 N–H and O–H groups in total. The van der Waals surface area contributed by atoms with Gasteiger partial charge in [0.1, 0.15) is 5.54 Å². The van der Waals surface area contributed by atoms with Crippen molar-refractivity contribution in [2.45, 2.75) is 12.0 Å². The number of hydrogen-bond donors (Lipinski definition) is 2. The Morgan fingerprint density at radius 1 is 1.90 bits per heavy atom. The van der Waals surface area contributed by atoms with E-state index in [4.69, 9.17) is 11.1 Å². The van der Waals surface area contributed by atoms with Gasteiger partial charge in [0.2, 0.25) is 0 Å². The van der Waals surface area contributed by atoms with Gasteiger partial charge < -0.3 is 10.5 Å². The second-order valence-electron chi connectivity index (χ2n) is 2.21. The molecule has 1 heterocycles. The van der Waals surface area contributed by atoms with Crippen molar-refractivity contribution < 1.29 is 9.53 Å². The maximum absolute atomic E-state index is 10.8. The van der Waals surface area contributed by atoms with E-state index in [0.29, 0.717) is 13.0 Å². The Balaban J connectivity index is 2.85. The van der Waals surface area contributed by atoms with Crippen LogP contribution in [-0.4, -0.2) is 24.0 Å². The number of ether oxygens (including phenoxy) is 1. The van der Waals surface area contributed by atoms with E-state index in [1.54, 1.807) is 0 Å². The predicted octanol–water partition coefficient (Wildman–Crippen LogP) is -0.565. The van der Waals surface area contributed by atoms with Crippen molar-refractivity contribution in [3.8, 4) is 0 Å². The third-order valence-electron chi connectivity index (χ3n) is 1.46. The first kappa shape index (κ1) is 6.99. The molecule has 0 spiro atoms. The second kappa shape index (κ2) is 2.25. The lowest BCUT2D eigenvalue weighted by atomic mass is 10.0. The average Bonchev–Trinajstić information content (AvgIpc) is 2.15. The zero-order valence-corrected chi connectivity index (χ0v) is 5.39. The molecule has 1 atom stereocenters. The topological polar surface area (TPSA) is 76.2 Å². The summed E-state index contributed by atoms with van der Waals surface area (Å²) in [5.41, 5.74) is 4.42. The van der Waals surface area contributed by atoms with Crippen LogP contribution < -0.4 is 5.73 Å². The van der Waals surface area contributed by atoms with Gasteiger partial charge in [0.25, 0.3) is 0 Å². The van der Waals surface area contributed by atoms with Gasteiger partial charge in [-0.2, -0.15) is 0 Å². The number of nitrogens with one attached hydrogen (secondary N) is 1. The Hall–Kier alpha value is -1.12. The molecule has 1 rings (SSSR count). The number of hydrogen-bond acceptors (Lipinski definition) is 4. The maximum atomic E-state index is 10.8. The number of nitrogens with two attached hydrogens (primary N) is 1. The highest BCUT2D eigenvalue weighted by atomic mass is 16.5. The van der Waals surface area contributed by atoms with Crippen LogP contribution >= 0.6 is 0 Å². The minimum Gasteiger partial charge on any atom is -0.464 e. The summed E-state index contributed by atoms with van der Waals surface area (Å²) in [6.45, 7) is 0.341. The molecule has 0 aliphatic carbocycles. The van der Waals surface area contributed by atoms with E-state index in [1.165, 1.54) is 6.08 Å². The molecule has 0 amide bonds. The van der Waals surface area contributed by atoms with Crippen LogP contribution in [0.3, 0.4) is 0 Å². The maximum Gasteiger partial charge on any atom is 0.330 e. The highest BCUT2D eigenvalue weighted by Gasteiger charge is 2.38. The summed E-state index contributed by atoms with van der Waals surface area (Å²) in [5, 5.41) is 6.59. The smallest absolute Gasteiger partial charge is 0.330 e. The average molecular weight is 140 g/mol. The Morgan fingerprint density at radius 3 is 3.00 bits per heavy atom. The molecule has 4 heteroatoms. The van der Waals surface area contributed by atoms with E-state index < -0.39 is 11.5 Å². The molecule has 4 nitrogen and oxygen atoms in total. The fourth-order valence-corrected chi connectivity index (χ4v) is 0.809. The number of carbonyl (C=O) groups excluding carboxylic acids is 1. The SMILES string of the molecule is N=C=CC1(N)CCOC1=O. The fourth-order valence-electron chi connectivity index (χ4n) is 0.809. The zero-order valence-electron chi connectivity index (χ0n) is 5.39. The summed E-state index contributed by atoms with van der Waals surface area (Å²) in [6.07, 6.45) is 1.67. The van der Waals surface area contributed by atoms with Crippen molar-refractivity contribution in [2.75, 3.05) is 6.61 Å². The molecule has 0 bridgehead atoms. The zero-order chi connectivity index (χ0) is 7.61. The van der Waals surface area contributed by atoms with Gasteiger partial charge in [-0.25, -0.2) is 4.79 Å². The number of carbonyl (C=O) groups is 1. The molecule has 1 fully saturated rings. The Morgan fingerprint density at radius 2 is 2.60 bits per heavy atom. The largest absolute Gasteiger partial charge is 0.464 e. The van der Waals surface area contributed by atoms with Crippen molar-refractivity contribution in [2.24, 2.45) is 5.73 Å². The molecule has 1 aliphatic heterocycles. The van der Waals surface area contributed by atoms with Gasteiger partial charge >= 0.3 is 5.97 Å². The van der Waals surface area contributed by atoms with Gasteiger partial charge in [0, 0.05) is 12.5 Å². The standard InChI is InChI=1S/C6H8N2O2/c7-3-1-6(8)2-4-10-5(6)9/h1,7H,2,4,8H2. The first-order chi connectivity index (χ1) is 4.69. The van der Waals surface area contributed by atoms with Gasteiger partial charge in [0.05, 0.1) is 6.61 Å². The van der Waals surface area contributed by atoms with E-state index in [9.17, 15) is 4.79 Å². The van der Waals surface area contributed by atoms with Crippen LogP contribution in [0.2, 0.25) is 0 Å². The van der Waals surface area contributed by atoms with Gasteiger partial charge in [0.15, 0.2) is 0 Å². The number of esters is 1. The van der Waals surface area contributed by atoms with E-state index >= 15 is 0 Å². The minimum atomic E-state index is -1.08. The molecule has 1 unspecified atom stereocenters. The molecule has 54 valence electrons. The summed E-state index contributed by atoms with van der Waals surface area (Å²) < 4.78 is 4.60. The lowest BCUT2D eigenvalue weighted by Crippen LogP contribution is -2.42. The lowest BCUT2D eigenvalue weighted by molar-refractivity contribution is -0.141. The van der Waals surface area contributed by atoms with Crippen LogP contribution in [0.4, 0.5) is 0 Å². The third kappa shape index (κ3) is 0.943. The van der Waals surface area contributed by atoms with Gasteiger partial charge in [-0.15, -0.1) is 0 Å². The first-order valence-electron chi connectivity index (χ1n) is 2.92. The molecule has 0 saturated carbocycles. The van der Waals surface area contributed by atoms with Gasteiger partial charge in [-0.05, 0) is 5.87 Å². The summed E-state index contributed by atoms with van der Waals surface area (Å²) in [6, 6.07) is 0. The molecule has 0 aromatic heterocycles. The Labute approximate surface area is 58.2 Å². The van der Waals surface area contributed by atoms with Crippen molar-refractivity contribution in [1.82, 2.24) is 0 Å². The minimum absolute atomic E-state index is 0.341. The van der Waals surface area contributed by atoms with Crippen LogP contribution in [0.5, 0.6) is 0 Å². The van der Waals surface area contributed by atoms with Crippen molar-refractivity contribution in [3.05, 3.63) is 6.08 Å². The van der Waals surface area contributed by atoms with Crippen molar-refractivity contribution in [3.63, 3.8) is 0 Å². The molecule has 0 aromatic rings. The molecular formula is C6H8N2O2. The van der Waals surface area contributed by atoms with Crippen LogP contribution in [0.25, 0.3) is 0 Å². The summed E-state index contributed by atoms with van der Waals surface area (Å²) >= 11 is 0. The summed E-state index contributed by atoms with van der Waals surface area (Å²) in [7, 11) is 0. The second-order valence-corrected chi connectivity index (χ2v) is 2.21. The molecule has 0 aromatic carbocycles. The van der Waals surface area contributed by atoms with Crippen molar-refractivity contribution >= 4 is 11.8 Å². The molecule has 0 radical (unpaired) electrons. The molecular weight excluding hydrogens is 132 g/mol. The first-order valence-corrected chi connectivity index (χ1v) is 2.92. The lowest BCUT2D eigenvalue weighted by Gasteiger charge is -2.09. The number of rotatable bonds is 1. The van der Waals surface area contributed by atoms with E-state index in [-0.39, 0.29) is 0 Å². The normalized spacial score (nSPS) is 31.1. The number of cyclic esters (lactones) is 1. The molecule has 1 aliphatic rings.